The number of nitrogen functional groups attached to an aromatic ring is 1. The van der Waals surface area contributed by atoms with Gasteiger partial charge in [-0.05, 0) is 19.1 Å². The lowest BCUT2D eigenvalue weighted by molar-refractivity contribution is 0.341. The molecule has 4 nitrogen and oxygen atoms in total. The molecule has 3 rings (SSSR count). The molecule has 0 radical (unpaired) electrons. The molecule has 20 heavy (non-hydrogen) atoms. The smallest absolute Gasteiger partial charge is 0.180 e. The largest absolute Gasteiger partial charge is 0.493 e. The SMILES string of the molecule is CCOc1ccccc1-c1nc(-c2csc(N)n2)cs1. The number of thiazole rings is 2. The quantitative estimate of drug-likeness (QED) is 0.793. The summed E-state index contributed by atoms with van der Waals surface area (Å²) in [5, 5.41) is 5.40. The third-order valence-electron chi connectivity index (χ3n) is 2.71. The van der Waals surface area contributed by atoms with Crippen molar-refractivity contribution in [1.82, 2.24) is 9.97 Å². The van der Waals surface area contributed by atoms with Crippen LogP contribution in [0.3, 0.4) is 0 Å². The maximum atomic E-state index is 5.66. The van der Waals surface area contributed by atoms with Gasteiger partial charge in [0.25, 0.3) is 0 Å². The molecule has 0 saturated carbocycles. The molecule has 2 N–H and O–H groups in total. The van der Waals surface area contributed by atoms with Crippen LogP contribution in [0.15, 0.2) is 35.0 Å². The second-order valence-electron chi connectivity index (χ2n) is 4.04. The van der Waals surface area contributed by atoms with E-state index in [1.54, 1.807) is 11.3 Å². The van der Waals surface area contributed by atoms with Crippen molar-refractivity contribution in [2.45, 2.75) is 6.92 Å². The standard InChI is InChI=1S/C14H13N3OS2/c1-2-18-12-6-4-3-5-9(12)13-16-10(7-19-13)11-8-20-14(15)17-11/h3-8H,2H2,1H3,(H2,15,17). The van der Waals surface area contributed by atoms with Gasteiger partial charge in [-0.15, -0.1) is 22.7 Å². The van der Waals surface area contributed by atoms with E-state index in [0.29, 0.717) is 11.7 Å². The first-order chi connectivity index (χ1) is 9.78. The van der Waals surface area contributed by atoms with Gasteiger partial charge < -0.3 is 10.5 Å². The molecule has 0 aliphatic heterocycles. The number of nitrogens with zero attached hydrogens (tertiary/aromatic N) is 2. The molecule has 2 heterocycles. The summed E-state index contributed by atoms with van der Waals surface area (Å²) in [6.07, 6.45) is 0. The molecule has 3 aromatic rings. The minimum Gasteiger partial charge on any atom is -0.493 e. The molecular formula is C14H13N3OS2. The second-order valence-corrected chi connectivity index (χ2v) is 5.79. The molecule has 0 atom stereocenters. The highest BCUT2D eigenvalue weighted by Crippen LogP contribution is 2.34. The summed E-state index contributed by atoms with van der Waals surface area (Å²) in [6, 6.07) is 7.92. The van der Waals surface area contributed by atoms with Crippen LogP contribution < -0.4 is 10.5 Å². The van der Waals surface area contributed by atoms with E-state index in [-0.39, 0.29) is 0 Å². The van der Waals surface area contributed by atoms with E-state index in [1.165, 1.54) is 11.3 Å². The van der Waals surface area contributed by atoms with Gasteiger partial charge in [-0.3, -0.25) is 0 Å². The van der Waals surface area contributed by atoms with E-state index in [4.69, 9.17) is 10.5 Å². The number of nitrogens with two attached hydrogens (primary N) is 1. The van der Waals surface area contributed by atoms with Crippen LogP contribution in [0.25, 0.3) is 22.0 Å². The normalized spacial score (nSPS) is 10.7. The fourth-order valence-electron chi connectivity index (χ4n) is 1.85. The Bertz CT molecular complexity index is 721. The predicted octanol–water partition coefficient (Wildman–Crippen LogP) is 3.91. The monoisotopic (exact) mass is 303 g/mol. The van der Waals surface area contributed by atoms with Crippen molar-refractivity contribution in [3.63, 3.8) is 0 Å². The van der Waals surface area contributed by atoms with Gasteiger partial charge in [-0.1, -0.05) is 12.1 Å². The van der Waals surface area contributed by atoms with E-state index < -0.39 is 0 Å². The molecule has 102 valence electrons. The summed E-state index contributed by atoms with van der Waals surface area (Å²) in [5.41, 5.74) is 8.34. The van der Waals surface area contributed by atoms with Gasteiger partial charge in [0, 0.05) is 10.8 Å². The summed E-state index contributed by atoms with van der Waals surface area (Å²) in [6.45, 7) is 2.61. The minimum atomic E-state index is 0.560. The summed E-state index contributed by atoms with van der Waals surface area (Å²) in [7, 11) is 0. The number of hydrogen-bond donors (Lipinski definition) is 1. The van der Waals surface area contributed by atoms with Crippen LogP contribution >= 0.6 is 22.7 Å². The van der Waals surface area contributed by atoms with E-state index >= 15 is 0 Å². The first-order valence-corrected chi connectivity index (χ1v) is 7.93. The van der Waals surface area contributed by atoms with Crippen molar-refractivity contribution in [3.8, 4) is 27.7 Å². The number of benzene rings is 1. The average molecular weight is 303 g/mol. The van der Waals surface area contributed by atoms with Gasteiger partial charge in [0.2, 0.25) is 0 Å². The molecule has 0 fully saturated rings. The summed E-state index contributed by atoms with van der Waals surface area (Å²) >= 11 is 3.00. The molecule has 6 heteroatoms. The average Bonchev–Trinajstić information content (AvgIpc) is 3.08. The van der Waals surface area contributed by atoms with Crippen LogP contribution in [0.4, 0.5) is 5.13 Å². The third kappa shape index (κ3) is 2.52. The van der Waals surface area contributed by atoms with Crippen molar-refractivity contribution in [1.29, 1.82) is 0 Å². The third-order valence-corrected chi connectivity index (χ3v) is 4.26. The van der Waals surface area contributed by atoms with Crippen molar-refractivity contribution in [2.75, 3.05) is 12.3 Å². The maximum absolute atomic E-state index is 5.66. The van der Waals surface area contributed by atoms with E-state index in [9.17, 15) is 0 Å². The second kappa shape index (κ2) is 5.60. The Hall–Kier alpha value is -1.92. The Morgan fingerprint density at radius 3 is 2.60 bits per heavy atom. The molecule has 0 aliphatic rings. The zero-order chi connectivity index (χ0) is 13.9. The number of ether oxygens (including phenoxy) is 1. The topological polar surface area (TPSA) is 61.0 Å². The van der Waals surface area contributed by atoms with Crippen molar-refractivity contribution >= 4 is 27.8 Å². The molecule has 0 unspecified atom stereocenters. The molecule has 0 amide bonds. The zero-order valence-electron chi connectivity index (χ0n) is 10.9. The van der Waals surface area contributed by atoms with Crippen LogP contribution in [-0.4, -0.2) is 16.6 Å². The first-order valence-electron chi connectivity index (χ1n) is 6.17. The summed E-state index contributed by atoms with van der Waals surface area (Å²) in [4.78, 5) is 8.89. The predicted molar refractivity (Wildman–Crippen MR) is 84.2 cm³/mol. The van der Waals surface area contributed by atoms with Crippen LogP contribution in [0.5, 0.6) is 5.75 Å². The number of anilines is 1. The fourth-order valence-corrected chi connectivity index (χ4v) is 3.25. The van der Waals surface area contributed by atoms with Crippen molar-refractivity contribution in [3.05, 3.63) is 35.0 Å². The van der Waals surface area contributed by atoms with Gasteiger partial charge in [-0.25, -0.2) is 9.97 Å². The Morgan fingerprint density at radius 2 is 1.85 bits per heavy atom. The van der Waals surface area contributed by atoms with Crippen LogP contribution in [-0.2, 0) is 0 Å². The summed E-state index contributed by atoms with van der Waals surface area (Å²) in [5.74, 6) is 0.855. The van der Waals surface area contributed by atoms with Gasteiger partial charge >= 0.3 is 0 Å². The number of hydrogen-bond acceptors (Lipinski definition) is 6. The number of para-hydroxylation sites is 1. The molecule has 0 saturated heterocycles. The number of rotatable bonds is 4. The Labute approximate surface area is 124 Å². The highest BCUT2D eigenvalue weighted by molar-refractivity contribution is 7.14. The number of aromatic nitrogens is 2. The van der Waals surface area contributed by atoms with E-state index in [2.05, 4.69) is 9.97 Å². The zero-order valence-corrected chi connectivity index (χ0v) is 12.5. The lowest BCUT2D eigenvalue weighted by Crippen LogP contribution is -1.93. The van der Waals surface area contributed by atoms with E-state index in [1.807, 2.05) is 41.9 Å². The van der Waals surface area contributed by atoms with Gasteiger partial charge in [-0.2, -0.15) is 0 Å². The molecule has 2 aromatic heterocycles. The minimum absolute atomic E-state index is 0.560. The van der Waals surface area contributed by atoms with Crippen molar-refractivity contribution in [2.24, 2.45) is 0 Å². The van der Waals surface area contributed by atoms with Crippen LogP contribution in [0, 0.1) is 0 Å². The Morgan fingerprint density at radius 1 is 1.10 bits per heavy atom. The molecule has 1 aromatic carbocycles. The molecular weight excluding hydrogens is 290 g/mol. The van der Waals surface area contributed by atoms with Gasteiger partial charge in [0.15, 0.2) is 5.13 Å². The Balaban J connectivity index is 1.98. The fraction of sp³-hybridized carbons (Fsp3) is 0.143. The molecule has 0 bridgehead atoms. The molecule has 0 aliphatic carbocycles. The summed E-state index contributed by atoms with van der Waals surface area (Å²) < 4.78 is 5.64. The van der Waals surface area contributed by atoms with Gasteiger partial charge in [0.1, 0.15) is 22.1 Å². The molecule has 0 spiro atoms. The lowest BCUT2D eigenvalue weighted by Gasteiger charge is -2.07. The lowest BCUT2D eigenvalue weighted by atomic mass is 10.2. The highest BCUT2D eigenvalue weighted by atomic mass is 32.1. The van der Waals surface area contributed by atoms with E-state index in [0.717, 1.165) is 27.7 Å². The maximum Gasteiger partial charge on any atom is 0.180 e. The highest BCUT2D eigenvalue weighted by Gasteiger charge is 2.12. The van der Waals surface area contributed by atoms with Crippen LogP contribution in [0.2, 0.25) is 0 Å². The van der Waals surface area contributed by atoms with Crippen molar-refractivity contribution < 1.29 is 4.74 Å². The Kier molecular flexibility index (Phi) is 3.66. The van der Waals surface area contributed by atoms with Crippen LogP contribution in [0.1, 0.15) is 6.92 Å². The van der Waals surface area contributed by atoms with Gasteiger partial charge in [0.05, 0.1) is 12.2 Å². The first kappa shape index (κ1) is 13.1.